The lowest BCUT2D eigenvalue weighted by Gasteiger charge is -2.38. The number of rotatable bonds is 16. The molecule has 2 aliphatic carbocycles. The normalized spacial score (nSPS) is 17.6. The Bertz CT molecular complexity index is 3680. The van der Waals surface area contributed by atoms with E-state index in [0.29, 0.717) is 63.1 Å². The predicted molar refractivity (Wildman–Crippen MR) is 318 cm³/mol. The zero-order valence-corrected chi connectivity index (χ0v) is 50.6. The van der Waals surface area contributed by atoms with Gasteiger partial charge in [-0.3, -0.25) is 9.80 Å². The van der Waals surface area contributed by atoms with E-state index in [9.17, 15) is 24.7 Å². The molecule has 0 radical (unpaired) electrons. The largest absolute Gasteiger partial charge is 0.502 e. The molecule has 7 rings (SSSR count). The Morgan fingerprint density at radius 3 is 1.95 bits per heavy atom. The van der Waals surface area contributed by atoms with Crippen molar-refractivity contribution in [2.24, 2.45) is 10.9 Å². The Morgan fingerprint density at radius 2 is 1.42 bits per heavy atom. The number of oxime groups is 1. The van der Waals surface area contributed by atoms with E-state index in [4.69, 9.17) is 64.3 Å². The maximum Gasteiger partial charge on any atom is 0.410 e. The smallest absolute Gasteiger partial charge is 0.410 e. The van der Waals surface area contributed by atoms with Gasteiger partial charge in [0.2, 0.25) is 11.5 Å². The zero-order chi connectivity index (χ0) is 70.8. The Hall–Kier alpha value is -7.98. The number of aromatic carboxylic acids is 1. The molecule has 0 unspecified atom stereocenters. The Morgan fingerprint density at radius 1 is 0.867 bits per heavy atom. The number of ether oxygens (including phenoxy) is 4. The van der Waals surface area contributed by atoms with Crippen LogP contribution in [0.25, 0.3) is 27.7 Å². The van der Waals surface area contributed by atoms with Gasteiger partial charge in [0, 0.05) is 29.7 Å². The molecule has 0 spiro atoms. The van der Waals surface area contributed by atoms with Crippen molar-refractivity contribution in [2.75, 3.05) is 26.1 Å². The lowest BCUT2D eigenvalue weighted by molar-refractivity contribution is 0.0114. The summed E-state index contributed by atoms with van der Waals surface area (Å²) in [5.41, 5.74) is 8.29. The van der Waals surface area contributed by atoms with E-state index in [0.717, 1.165) is 4.90 Å². The highest BCUT2D eigenvalue weighted by molar-refractivity contribution is 6.74. The lowest BCUT2D eigenvalue weighted by Crippen LogP contribution is -2.45. The highest BCUT2D eigenvalue weighted by atomic mass is 28.4. The predicted octanol–water partition coefficient (Wildman–Crippen LogP) is 13.0. The molecule has 83 heavy (non-hydrogen) atoms. The zero-order valence-electron chi connectivity index (χ0n) is 59.6. The monoisotopic (exact) mass is 1170 g/mol. The molecule has 0 saturated heterocycles. The highest BCUT2D eigenvalue weighted by Crippen LogP contribution is 2.43. The average Bonchev–Trinajstić information content (AvgIpc) is 1.70. The number of carboxylic acid groups (broad SMARTS) is 1. The van der Waals surface area contributed by atoms with Crippen LogP contribution in [0.1, 0.15) is 172 Å². The molecule has 2 aliphatic rings. The number of aliphatic hydroxyl groups is 1. The van der Waals surface area contributed by atoms with Gasteiger partial charge in [-0.05, 0) is 172 Å². The summed E-state index contributed by atoms with van der Waals surface area (Å²) in [6, 6.07) is 19.0. The van der Waals surface area contributed by atoms with E-state index >= 15 is 0 Å². The van der Waals surface area contributed by atoms with Crippen molar-refractivity contribution in [2.45, 2.75) is 169 Å². The van der Waals surface area contributed by atoms with Crippen LogP contribution in [0.3, 0.4) is 0 Å². The average molecular weight is 1170 g/mol. The highest BCUT2D eigenvalue weighted by Gasteiger charge is 2.40. The number of nitrogens with two attached hydrogens (primary N) is 1. The second-order valence-corrected chi connectivity index (χ2v) is 27.9. The Labute approximate surface area is 503 Å². The van der Waals surface area contributed by atoms with Gasteiger partial charge in [0.05, 0.1) is 68.8 Å². The molecule has 20 nitrogen and oxygen atoms in total. The van der Waals surface area contributed by atoms with Gasteiger partial charge in [-0.15, -0.1) is 0 Å². The van der Waals surface area contributed by atoms with E-state index in [1.54, 1.807) is 104 Å². The van der Waals surface area contributed by atoms with Crippen LogP contribution in [0, 0.1) is 17.9 Å². The van der Waals surface area contributed by atoms with E-state index in [-0.39, 0.29) is 57.3 Å². The van der Waals surface area contributed by atoms with Gasteiger partial charge in [0.25, 0.3) is 5.89 Å². The fraction of sp³-hybridized carbons (Fsp3) is 0.484. The minimum absolute atomic E-state index is 0.0201. The summed E-state index contributed by atoms with van der Waals surface area (Å²) in [7, 11) is -2.77. The first-order valence-corrected chi connectivity index (χ1v) is 29.4. The van der Waals surface area contributed by atoms with Crippen molar-refractivity contribution in [3.8, 4) is 40.4 Å². The van der Waals surface area contributed by atoms with Crippen molar-refractivity contribution >= 4 is 38.0 Å². The van der Waals surface area contributed by atoms with Gasteiger partial charge < -0.3 is 49.1 Å². The number of carbonyl (C=O) groups is 3. The standard InChI is InChI=1S/C28H32N4O5.C23H39N3O4Si.C11H11NO3/c1-17(2)35-24-13-10-18(16-22(24)29-6)26-30-25(31-37-26)21-9-7-8-20-19(21)11-12-23(20)32(14-15-33)27(34)36-28(3,4)5;1-22(2,3)30-21(27)26(14-15-29-31(7,8)23(4,5)6)19-13-12-16-17(19)10-9-11-18(16)20(24)25-28;1-7(2)15-10-4-3-8(11(13)14)5-9(10)6-12/h7-10,13,16-17,23,33H,11-12,14-15H2,1-5H3;9-11,19,28H,12-15H2,1-8H3,(H2,24,25);3-5,7H,1-2H3,(H,13,14)/t23-;19-;/m00./s1/i14D2,15D2,17D;14D2,15D2;7D. The minimum atomic E-state index is -3.38. The van der Waals surface area contributed by atoms with E-state index in [2.05, 4.69) is 20.1 Å². The third kappa shape index (κ3) is 17.5. The fourth-order valence-corrected chi connectivity index (χ4v) is 9.00. The van der Waals surface area contributed by atoms with Gasteiger partial charge in [0.1, 0.15) is 28.8 Å². The van der Waals surface area contributed by atoms with Gasteiger partial charge >= 0.3 is 18.2 Å². The van der Waals surface area contributed by atoms with Crippen LogP contribution in [0.4, 0.5) is 15.3 Å². The van der Waals surface area contributed by atoms with Gasteiger partial charge in [-0.25, -0.2) is 19.2 Å². The summed E-state index contributed by atoms with van der Waals surface area (Å²) in [5, 5.41) is 43.6. The van der Waals surface area contributed by atoms with Crippen molar-refractivity contribution < 1.29 is 71.4 Å². The maximum atomic E-state index is 13.5. The van der Waals surface area contributed by atoms with E-state index < -0.39 is 88.0 Å². The summed E-state index contributed by atoms with van der Waals surface area (Å²) < 4.78 is 116. The number of hydrogen-bond donors (Lipinski definition) is 4. The number of carboxylic acids is 1. The number of amidine groups is 1. The van der Waals surface area contributed by atoms with Crippen LogP contribution in [-0.4, -0.2) is 117 Å². The van der Waals surface area contributed by atoms with Crippen LogP contribution >= 0.6 is 0 Å². The van der Waals surface area contributed by atoms with Crippen molar-refractivity contribution in [1.82, 2.24) is 19.9 Å². The number of nitrogens with zero attached hydrogens (tertiary/aromatic N) is 7. The third-order valence-electron chi connectivity index (χ3n) is 13.1. The molecule has 0 fully saturated rings. The number of benzene rings is 4. The molecular formula is C62H82N8O12Si. The first kappa shape index (κ1) is 51.9. The number of amides is 2. The second-order valence-electron chi connectivity index (χ2n) is 23.2. The summed E-state index contributed by atoms with van der Waals surface area (Å²) in [4.78, 5) is 46.8. The van der Waals surface area contributed by atoms with Crippen molar-refractivity contribution in [1.29, 1.82) is 5.26 Å². The number of nitriles is 1. The number of fused-ring (bicyclic) bond motifs is 2. The van der Waals surface area contributed by atoms with Crippen LogP contribution in [0.15, 0.2) is 82.5 Å². The lowest BCUT2D eigenvalue weighted by atomic mass is 10.0. The summed E-state index contributed by atoms with van der Waals surface area (Å²) in [5.74, 6) is -0.364. The quantitative estimate of drug-likeness (QED) is 0.0179. The Kier molecular flexibility index (Phi) is 17.4. The molecular weight excluding hydrogens is 1080 g/mol. The van der Waals surface area contributed by atoms with Crippen LogP contribution in [0.2, 0.25) is 18.1 Å². The fourth-order valence-electron chi connectivity index (χ4n) is 8.39. The molecule has 21 heteroatoms. The van der Waals surface area contributed by atoms with Gasteiger partial charge in [0.15, 0.2) is 14.2 Å². The van der Waals surface area contributed by atoms with E-state index in [1.807, 2.05) is 39.9 Å². The number of aromatic nitrogens is 2. The summed E-state index contributed by atoms with van der Waals surface area (Å²) >= 11 is 0. The van der Waals surface area contributed by atoms with Crippen LogP contribution in [0.5, 0.6) is 11.5 Å². The third-order valence-corrected chi connectivity index (χ3v) is 17.3. The molecule has 446 valence electrons. The van der Waals surface area contributed by atoms with Gasteiger partial charge in [-0.2, -0.15) is 10.2 Å². The maximum absolute atomic E-state index is 13.5. The molecule has 4 aromatic carbocycles. The summed E-state index contributed by atoms with van der Waals surface area (Å²) in [6.07, 6.45) is -3.16. The van der Waals surface area contributed by atoms with E-state index in [1.165, 1.54) is 38.1 Å². The van der Waals surface area contributed by atoms with Gasteiger partial charge in [-0.1, -0.05) is 67.5 Å². The van der Waals surface area contributed by atoms with Crippen molar-refractivity contribution in [3.05, 3.63) is 123 Å². The van der Waals surface area contributed by atoms with Crippen molar-refractivity contribution in [3.63, 3.8) is 0 Å². The SMILES string of the molecule is [2H]C(C)(C)Oc1ccc(-c2nc(-c3cccc4c3CC[C@@H]4N(C(=O)OC(C)(C)C)C([2H])([2H])C([2H])([2H])O)no2)cc1[N+]#[C-].[2H]C(C)(C)Oc1ccc(C(=O)O)cc1C#N.[2H]C([2H])(O[Si](C)(C)C(C)(C)C)C([2H])([2H])N(C(=O)OC(C)(C)C)[C@H]1CCc2c(/C(N)=N\O)cccc21. The molecule has 5 N–H and O–H groups in total. The molecule has 0 aliphatic heterocycles. The molecule has 5 aromatic rings. The second kappa shape index (κ2) is 27.9. The number of carbonyl (C=O) groups excluding carboxylic acids is 2. The molecule has 1 heterocycles. The van der Waals surface area contributed by atoms with Crippen LogP contribution in [-0.2, 0) is 26.7 Å². The minimum Gasteiger partial charge on any atom is -0.502 e. The molecule has 1 aromatic heterocycles. The molecule has 2 amide bonds. The molecule has 2 atom stereocenters. The molecule has 0 bridgehead atoms. The Balaban J connectivity index is 0.000000277. The van der Waals surface area contributed by atoms with Crippen LogP contribution < -0.4 is 15.2 Å². The molecule has 0 saturated carbocycles. The first-order valence-electron chi connectivity index (χ1n) is 31.5. The first-order chi connectivity index (χ1) is 42.3. The number of hydrogen-bond acceptors (Lipinski definition) is 15. The summed E-state index contributed by atoms with van der Waals surface area (Å²) in [6.45, 7) is 20.7. The topological polar surface area (TPSA) is 270 Å².